The van der Waals surface area contributed by atoms with E-state index in [1.165, 1.54) is 0 Å². The molecule has 0 bridgehead atoms. The average Bonchev–Trinajstić information content (AvgIpc) is 1.85. The smallest absolute Gasteiger partial charge is 0.122 e. The van der Waals surface area contributed by atoms with E-state index < -0.39 is 0 Å². The third-order valence-corrected chi connectivity index (χ3v) is 2.64. The molecule has 0 radical (unpaired) electrons. The van der Waals surface area contributed by atoms with Gasteiger partial charge in [0.15, 0.2) is 0 Å². The zero-order valence-corrected chi connectivity index (χ0v) is 8.65. The predicted molar refractivity (Wildman–Crippen MR) is 52.0 cm³/mol. The minimum atomic E-state index is 0.219. The maximum atomic E-state index is 10.3. The third kappa shape index (κ3) is 6.42. The van der Waals surface area contributed by atoms with Crippen LogP contribution in [0.2, 0.25) is 0 Å². The summed E-state index contributed by atoms with van der Waals surface area (Å²) < 4.78 is 0. The molecule has 0 aromatic carbocycles. The number of thioether (sulfide) groups is 1. The Balaban J connectivity index is 3.51. The first-order chi connectivity index (χ1) is 5.06. The molecule has 0 N–H and O–H groups in total. The number of hydrogen-bond acceptors (Lipinski definition) is 2. The lowest BCUT2D eigenvalue weighted by molar-refractivity contribution is -0.110. The van der Waals surface area contributed by atoms with E-state index in [9.17, 15) is 4.79 Å². The Bertz CT molecular complexity index is 112. The quantitative estimate of drug-likeness (QED) is 0.596. The monoisotopic (exact) mass is 174 g/mol. The van der Waals surface area contributed by atoms with Gasteiger partial charge in [0.2, 0.25) is 0 Å². The van der Waals surface area contributed by atoms with Gasteiger partial charge in [0.1, 0.15) is 6.29 Å². The first-order valence-electron chi connectivity index (χ1n) is 4.17. The van der Waals surface area contributed by atoms with E-state index in [0.29, 0.717) is 10.5 Å². The van der Waals surface area contributed by atoms with E-state index in [1.807, 2.05) is 18.7 Å². The fourth-order valence-electron chi connectivity index (χ4n) is 1.10. The Morgan fingerprint density at radius 3 is 2.18 bits per heavy atom. The summed E-state index contributed by atoms with van der Waals surface area (Å²) in [6.07, 6.45) is 2.05. The molecule has 0 fully saturated rings. The standard InChI is InChI=1S/C9H18OS/c1-7(2)11-9(4)5-8(3)6-10/h6-9H,5H2,1-4H3/t8?,9-/m1/s1. The molecule has 1 unspecified atom stereocenters. The van der Waals surface area contributed by atoms with Crippen LogP contribution in [0.3, 0.4) is 0 Å². The Labute approximate surface area is 73.9 Å². The molecule has 1 nitrogen and oxygen atoms in total. The van der Waals surface area contributed by atoms with Gasteiger partial charge in [-0.2, -0.15) is 11.8 Å². The summed E-state index contributed by atoms with van der Waals surface area (Å²) in [7, 11) is 0. The highest BCUT2D eigenvalue weighted by Crippen LogP contribution is 2.21. The molecule has 0 spiro atoms. The lowest BCUT2D eigenvalue weighted by Gasteiger charge is -2.14. The van der Waals surface area contributed by atoms with E-state index in [0.717, 1.165) is 12.7 Å². The molecule has 0 saturated heterocycles. The van der Waals surface area contributed by atoms with Gasteiger partial charge in [-0.3, -0.25) is 0 Å². The molecule has 0 aromatic heterocycles. The van der Waals surface area contributed by atoms with Crippen LogP contribution in [0.5, 0.6) is 0 Å². The largest absolute Gasteiger partial charge is 0.303 e. The molecule has 0 aliphatic heterocycles. The van der Waals surface area contributed by atoms with Crippen molar-refractivity contribution in [3.05, 3.63) is 0 Å². The Kier molecular flexibility index (Phi) is 5.65. The van der Waals surface area contributed by atoms with Gasteiger partial charge in [-0.05, 0) is 11.7 Å². The van der Waals surface area contributed by atoms with E-state index in [-0.39, 0.29) is 5.92 Å². The van der Waals surface area contributed by atoms with Crippen LogP contribution in [0, 0.1) is 5.92 Å². The van der Waals surface area contributed by atoms with Crippen molar-refractivity contribution in [1.29, 1.82) is 0 Å². The van der Waals surface area contributed by atoms with Crippen LogP contribution < -0.4 is 0 Å². The van der Waals surface area contributed by atoms with E-state index >= 15 is 0 Å². The van der Waals surface area contributed by atoms with Gasteiger partial charge in [0.25, 0.3) is 0 Å². The number of carbonyl (C=O) groups excluding carboxylic acids is 1. The highest BCUT2D eigenvalue weighted by Gasteiger charge is 2.09. The van der Waals surface area contributed by atoms with Crippen LogP contribution >= 0.6 is 11.8 Å². The molecule has 0 saturated carbocycles. The van der Waals surface area contributed by atoms with Crippen molar-refractivity contribution in [2.24, 2.45) is 5.92 Å². The summed E-state index contributed by atoms with van der Waals surface area (Å²) in [6, 6.07) is 0. The number of hydrogen-bond donors (Lipinski definition) is 0. The summed E-state index contributed by atoms with van der Waals surface area (Å²) in [5, 5.41) is 1.28. The number of carbonyl (C=O) groups is 1. The first kappa shape index (κ1) is 11.0. The van der Waals surface area contributed by atoms with Crippen LogP contribution in [0.15, 0.2) is 0 Å². The fraction of sp³-hybridized carbons (Fsp3) is 0.889. The highest BCUT2D eigenvalue weighted by molar-refractivity contribution is 8.00. The summed E-state index contributed by atoms with van der Waals surface area (Å²) in [5.41, 5.74) is 0. The topological polar surface area (TPSA) is 17.1 Å². The van der Waals surface area contributed by atoms with Gasteiger partial charge in [-0.1, -0.05) is 27.7 Å². The molecule has 0 aliphatic carbocycles. The van der Waals surface area contributed by atoms with Crippen LogP contribution in [0.1, 0.15) is 34.1 Å². The molecule has 66 valence electrons. The maximum absolute atomic E-state index is 10.3. The summed E-state index contributed by atoms with van der Waals surface area (Å²) in [6.45, 7) is 8.54. The summed E-state index contributed by atoms with van der Waals surface area (Å²) in [5.74, 6) is 0.219. The van der Waals surface area contributed by atoms with E-state index in [1.54, 1.807) is 0 Å². The second kappa shape index (κ2) is 5.64. The first-order valence-corrected chi connectivity index (χ1v) is 5.11. The lowest BCUT2D eigenvalue weighted by atomic mass is 10.1. The lowest BCUT2D eigenvalue weighted by Crippen LogP contribution is -2.08. The zero-order chi connectivity index (χ0) is 8.85. The minimum absolute atomic E-state index is 0.219. The Hall–Kier alpha value is 0.0200. The van der Waals surface area contributed by atoms with Crippen molar-refractivity contribution in [3.63, 3.8) is 0 Å². The van der Waals surface area contributed by atoms with Gasteiger partial charge in [-0.15, -0.1) is 0 Å². The van der Waals surface area contributed by atoms with Gasteiger partial charge in [0.05, 0.1) is 0 Å². The second-order valence-corrected chi connectivity index (χ2v) is 5.36. The molecule has 2 heteroatoms. The average molecular weight is 174 g/mol. The van der Waals surface area contributed by atoms with Crippen LogP contribution in [-0.2, 0) is 4.79 Å². The van der Waals surface area contributed by atoms with Crippen molar-refractivity contribution in [1.82, 2.24) is 0 Å². The molecular formula is C9H18OS. The third-order valence-electron chi connectivity index (χ3n) is 1.44. The SMILES string of the molecule is CC(C=O)C[C@@H](C)SC(C)C. The van der Waals surface area contributed by atoms with Crippen molar-refractivity contribution in [2.45, 2.75) is 44.6 Å². The Morgan fingerprint density at radius 1 is 1.27 bits per heavy atom. The van der Waals surface area contributed by atoms with Gasteiger partial charge in [-0.25, -0.2) is 0 Å². The number of aldehydes is 1. The molecule has 11 heavy (non-hydrogen) atoms. The molecule has 0 amide bonds. The van der Waals surface area contributed by atoms with Crippen LogP contribution in [-0.4, -0.2) is 16.8 Å². The second-order valence-electron chi connectivity index (χ2n) is 3.34. The molecule has 0 aliphatic rings. The Morgan fingerprint density at radius 2 is 1.82 bits per heavy atom. The van der Waals surface area contributed by atoms with Crippen molar-refractivity contribution in [3.8, 4) is 0 Å². The van der Waals surface area contributed by atoms with Gasteiger partial charge < -0.3 is 4.79 Å². The molecule has 0 heterocycles. The zero-order valence-electron chi connectivity index (χ0n) is 7.83. The minimum Gasteiger partial charge on any atom is -0.303 e. The number of rotatable bonds is 5. The van der Waals surface area contributed by atoms with Crippen molar-refractivity contribution >= 4 is 18.0 Å². The summed E-state index contributed by atoms with van der Waals surface area (Å²) in [4.78, 5) is 10.3. The van der Waals surface area contributed by atoms with Gasteiger partial charge in [0, 0.05) is 11.2 Å². The fourth-order valence-corrected chi connectivity index (χ4v) is 2.44. The summed E-state index contributed by atoms with van der Waals surface area (Å²) >= 11 is 1.94. The highest BCUT2D eigenvalue weighted by atomic mass is 32.2. The van der Waals surface area contributed by atoms with E-state index in [2.05, 4.69) is 20.8 Å². The molecule has 2 atom stereocenters. The van der Waals surface area contributed by atoms with Crippen LogP contribution in [0.4, 0.5) is 0 Å². The van der Waals surface area contributed by atoms with E-state index in [4.69, 9.17) is 0 Å². The van der Waals surface area contributed by atoms with Gasteiger partial charge >= 0.3 is 0 Å². The van der Waals surface area contributed by atoms with Crippen molar-refractivity contribution < 1.29 is 4.79 Å². The predicted octanol–water partition coefficient (Wildman–Crippen LogP) is 2.74. The molecule has 0 aromatic rings. The normalized spacial score (nSPS) is 16.5. The molecule has 0 rings (SSSR count). The van der Waals surface area contributed by atoms with Crippen LogP contribution in [0.25, 0.3) is 0 Å². The molecular weight excluding hydrogens is 156 g/mol. The van der Waals surface area contributed by atoms with Crippen molar-refractivity contribution in [2.75, 3.05) is 0 Å². The maximum Gasteiger partial charge on any atom is 0.122 e.